The van der Waals surface area contributed by atoms with E-state index in [1.54, 1.807) is 18.2 Å². The van der Waals surface area contributed by atoms with Gasteiger partial charge in [-0.2, -0.15) is 0 Å². The lowest BCUT2D eigenvalue weighted by Gasteiger charge is -2.33. The van der Waals surface area contributed by atoms with Gasteiger partial charge >= 0.3 is 5.69 Å². The number of nitro benzene ring substituents is 1. The van der Waals surface area contributed by atoms with Crippen LogP contribution in [0.25, 0.3) is 0 Å². The number of rotatable bonds is 2. The summed E-state index contributed by atoms with van der Waals surface area (Å²) in [5.41, 5.74) is 0.610. The molecular weight excluding hydrogens is 242 g/mol. The maximum absolute atomic E-state index is 11.0. The number of piperazine rings is 1. The number of para-hydroxylation sites is 1. The van der Waals surface area contributed by atoms with E-state index in [9.17, 15) is 10.1 Å². The average molecular weight is 256 g/mol. The van der Waals surface area contributed by atoms with Crippen LogP contribution in [-0.4, -0.2) is 30.6 Å². The van der Waals surface area contributed by atoms with E-state index in [0.717, 1.165) is 19.6 Å². The first-order valence-electron chi connectivity index (χ1n) is 5.51. The molecule has 2 rings (SSSR count). The van der Waals surface area contributed by atoms with Gasteiger partial charge in [-0.15, -0.1) is 0 Å². The molecule has 0 aromatic heterocycles. The molecule has 1 aromatic rings. The van der Waals surface area contributed by atoms with E-state index >= 15 is 0 Å². The largest absolute Gasteiger partial charge is 0.363 e. The van der Waals surface area contributed by atoms with Gasteiger partial charge in [-0.3, -0.25) is 10.1 Å². The molecule has 1 N–H and O–H groups in total. The summed E-state index contributed by atoms with van der Waals surface area (Å²) in [5.74, 6) is 0. The van der Waals surface area contributed by atoms with Crippen LogP contribution in [0.2, 0.25) is 5.02 Å². The van der Waals surface area contributed by atoms with Crippen LogP contribution in [0, 0.1) is 10.1 Å². The average Bonchev–Trinajstić information content (AvgIpc) is 2.28. The molecule has 92 valence electrons. The molecule has 1 saturated heterocycles. The van der Waals surface area contributed by atoms with E-state index in [-0.39, 0.29) is 10.7 Å². The van der Waals surface area contributed by atoms with Crippen LogP contribution in [-0.2, 0) is 0 Å². The van der Waals surface area contributed by atoms with E-state index in [4.69, 9.17) is 11.6 Å². The molecule has 0 radical (unpaired) electrons. The lowest BCUT2D eigenvalue weighted by molar-refractivity contribution is -0.384. The topological polar surface area (TPSA) is 58.4 Å². The fourth-order valence-corrected chi connectivity index (χ4v) is 2.33. The Morgan fingerprint density at radius 2 is 2.35 bits per heavy atom. The number of hydrogen-bond acceptors (Lipinski definition) is 4. The molecule has 1 atom stereocenters. The van der Waals surface area contributed by atoms with Crippen molar-refractivity contribution in [3.8, 4) is 0 Å². The summed E-state index contributed by atoms with van der Waals surface area (Å²) in [6, 6.07) is 5.37. The first-order valence-corrected chi connectivity index (χ1v) is 5.88. The lowest BCUT2D eigenvalue weighted by atomic mass is 10.2. The van der Waals surface area contributed by atoms with Crippen molar-refractivity contribution in [1.82, 2.24) is 5.32 Å². The van der Waals surface area contributed by atoms with E-state index in [0.29, 0.717) is 11.7 Å². The van der Waals surface area contributed by atoms with Gasteiger partial charge in [0.15, 0.2) is 0 Å². The molecule has 1 aliphatic rings. The molecule has 0 amide bonds. The highest BCUT2D eigenvalue weighted by molar-refractivity contribution is 6.33. The zero-order chi connectivity index (χ0) is 12.4. The molecule has 0 aliphatic carbocycles. The third kappa shape index (κ3) is 2.50. The van der Waals surface area contributed by atoms with Gasteiger partial charge < -0.3 is 10.2 Å². The van der Waals surface area contributed by atoms with E-state index in [2.05, 4.69) is 12.2 Å². The van der Waals surface area contributed by atoms with Crippen LogP contribution in [0.5, 0.6) is 0 Å². The highest BCUT2D eigenvalue weighted by atomic mass is 35.5. The normalized spacial score (nSPS) is 20.4. The molecule has 1 heterocycles. The van der Waals surface area contributed by atoms with E-state index < -0.39 is 4.92 Å². The molecule has 1 aromatic carbocycles. The Hall–Kier alpha value is -1.33. The number of hydrogen-bond donors (Lipinski definition) is 1. The number of nitrogens with zero attached hydrogens (tertiary/aromatic N) is 2. The number of nitrogens with one attached hydrogen (secondary N) is 1. The zero-order valence-corrected chi connectivity index (χ0v) is 10.3. The van der Waals surface area contributed by atoms with E-state index in [1.807, 2.05) is 4.90 Å². The minimum Gasteiger partial charge on any atom is -0.363 e. The second-order valence-electron chi connectivity index (χ2n) is 4.17. The molecule has 6 heteroatoms. The highest BCUT2D eigenvalue weighted by Gasteiger charge is 2.25. The van der Waals surface area contributed by atoms with Gasteiger partial charge in [-0.1, -0.05) is 17.7 Å². The Morgan fingerprint density at radius 1 is 1.59 bits per heavy atom. The Morgan fingerprint density at radius 3 is 3.00 bits per heavy atom. The Balaban J connectivity index is 2.37. The minimum absolute atomic E-state index is 0.00302. The van der Waals surface area contributed by atoms with Crippen LogP contribution < -0.4 is 10.2 Å². The van der Waals surface area contributed by atoms with Crippen molar-refractivity contribution >= 4 is 23.0 Å². The van der Waals surface area contributed by atoms with Crippen LogP contribution in [0.1, 0.15) is 6.92 Å². The number of benzene rings is 1. The second kappa shape index (κ2) is 4.89. The molecular formula is C11H14ClN3O2. The summed E-state index contributed by atoms with van der Waals surface area (Å²) in [4.78, 5) is 12.6. The Bertz CT molecular complexity index is 439. The molecule has 0 spiro atoms. The van der Waals surface area contributed by atoms with Gasteiger partial charge in [-0.25, -0.2) is 0 Å². The van der Waals surface area contributed by atoms with Gasteiger partial charge in [0.25, 0.3) is 0 Å². The van der Waals surface area contributed by atoms with Gasteiger partial charge in [0, 0.05) is 25.7 Å². The predicted molar refractivity (Wildman–Crippen MR) is 67.8 cm³/mol. The third-order valence-corrected chi connectivity index (χ3v) is 3.16. The zero-order valence-electron chi connectivity index (χ0n) is 9.52. The van der Waals surface area contributed by atoms with Gasteiger partial charge in [0.1, 0.15) is 10.7 Å². The Kier molecular flexibility index (Phi) is 3.49. The summed E-state index contributed by atoms with van der Waals surface area (Å²) in [7, 11) is 0. The molecule has 1 aliphatic heterocycles. The number of nitro groups is 1. The fraction of sp³-hybridized carbons (Fsp3) is 0.455. The van der Waals surface area contributed by atoms with Crippen LogP contribution in [0.4, 0.5) is 11.4 Å². The van der Waals surface area contributed by atoms with Gasteiger partial charge in [0.05, 0.1) is 4.92 Å². The molecule has 0 saturated carbocycles. The summed E-state index contributed by atoms with van der Waals surface area (Å²) >= 11 is 5.90. The summed E-state index contributed by atoms with van der Waals surface area (Å²) < 4.78 is 0. The van der Waals surface area contributed by atoms with Gasteiger partial charge in [-0.05, 0) is 19.1 Å². The molecule has 5 nitrogen and oxygen atoms in total. The second-order valence-corrected chi connectivity index (χ2v) is 4.57. The lowest BCUT2D eigenvalue weighted by Crippen LogP contribution is -2.49. The standard InChI is InChI=1S/C11H14ClN3O2/c1-8-7-14(6-5-13-8)10-4-2-3-9(12)11(10)15(16)17/h2-4,8,13H,5-7H2,1H3/t8-/m1/s1. The number of halogens is 1. The SMILES string of the molecule is C[C@@H]1CN(c2cccc(Cl)c2[N+](=O)[O-])CCN1. The first-order chi connectivity index (χ1) is 8.09. The van der Waals surface area contributed by atoms with Crippen molar-refractivity contribution < 1.29 is 4.92 Å². The monoisotopic (exact) mass is 255 g/mol. The van der Waals surface area contributed by atoms with Crippen molar-refractivity contribution in [2.75, 3.05) is 24.5 Å². The van der Waals surface area contributed by atoms with Crippen molar-refractivity contribution in [2.24, 2.45) is 0 Å². The summed E-state index contributed by atoms with van der Waals surface area (Å²) in [6.45, 7) is 4.39. The highest BCUT2D eigenvalue weighted by Crippen LogP contribution is 2.35. The third-order valence-electron chi connectivity index (χ3n) is 2.86. The molecule has 0 unspecified atom stereocenters. The summed E-state index contributed by atoms with van der Waals surface area (Å²) in [5, 5.41) is 14.5. The Labute approximate surface area is 105 Å². The maximum Gasteiger partial charge on any atom is 0.310 e. The predicted octanol–water partition coefficient (Wildman–Crippen LogP) is 2.05. The van der Waals surface area contributed by atoms with Crippen LogP contribution >= 0.6 is 11.6 Å². The smallest absolute Gasteiger partial charge is 0.310 e. The van der Waals surface area contributed by atoms with Crippen molar-refractivity contribution in [1.29, 1.82) is 0 Å². The fourth-order valence-electron chi connectivity index (χ4n) is 2.09. The van der Waals surface area contributed by atoms with Crippen molar-refractivity contribution in [2.45, 2.75) is 13.0 Å². The molecule has 0 bridgehead atoms. The molecule has 1 fully saturated rings. The number of anilines is 1. The van der Waals surface area contributed by atoms with Crippen LogP contribution in [0.3, 0.4) is 0 Å². The van der Waals surface area contributed by atoms with Crippen molar-refractivity contribution in [3.63, 3.8) is 0 Å². The minimum atomic E-state index is -0.412. The maximum atomic E-state index is 11.0. The van der Waals surface area contributed by atoms with E-state index in [1.165, 1.54) is 0 Å². The van der Waals surface area contributed by atoms with Gasteiger partial charge in [0.2, 0.25) is 0 Å². The van der Waals surface area contributed by atoms with Crippen LogP contribution in [0.15, 0.2) is 18.2 Å². The quantitative estimate of drug-likeness (QED) is 0.649. The molecule has 17 heavy (non-hydrogen) atoms. The summed E-state index contributed by atoms with van der Waals surface area (Å²) in [6.07, 6.45) is 0. The van der Waals surface area contributed by atoms with Crippen molar-refractivity contribution in [3.05, 3.63) is 33.3 Å². The first kappa shape index (κ1) is 12.1.